The Morgan fingerprint density at radius 2 is 1.71 bits per heavy atom. The van der Waals surface area contributed by atoms with Crippen molar-refractivity contribution < 1.29 is 9.47 Å². The van der Waals surface area contributed by atoms with Crippen molar-refractivity contribution in [1.82, 2.24) is 0 Å². The van der Waals surface area contributed by atoms with Crippen molar-refractivity contribution in [2.75, 3.05) is 25.1 Å². The smallest absolute Gasteiger partial charge is 0.159 e. The molecule has 0 unspecified atom stereocenters. The molecule has 0 radical (unpaired) electrons. The predicted octanol–water partition coefficient (Wildman–Crippen LogP) is 3.49. The molecule has 4 heteroatoms. The highest BCUT2D eigenvalue weighted by molar-refractivity contribution is 14.1. The number of halogens is 1. The third kappa shape index (κ3) is 6.24. The van der Waals surface area contributed by atoms with Gasteiger partial charge in [0.1, 0.15) is 0 Å². The van der Waals surface area contributed by atoms with E-state index in [1.165, 1.54) is 3.57 Å². The Labute approximate surface area is 117 Å². The van der Waals surface area contributed by atoms with E-state index in [1.807, 2.05) is 13.8 Å². The van der Waals surface area contributed by atoms with Gasteiger partial charge in [0, 0.05) is 35.4 Å². The van der Waals surface area contributed by atoms with Crippen LogP contribution in [0.4, 0.5) is 5.69 Å². The minimum absolute atomic E-state index is 0.0960. The van der Waals surface area contributed by atoms with E-state index in [4.69, 9.17) is 9.47 Å². The summed E-state index contributed by atoms with van der Waals surface area (Å²) in [5.41, 5.74) is 1.14. The molecule has 0 atom stereocenters. The maximum Gasteiger partial charge on any atom is 0.159 e. The van der Waals surface area contributed by atoms with Crippen molar-refractivity contribution >= 4 is 28.3 Å². The number of ether oxygens (including phenoxy) is 2. The van der Waals surface area contributed by atoms with Crippen LogP contribution in [0.3, 0.4) is 0 Å². The summed E-state index contributed by atoms with van der Waals surface area (Å²) in [6.45, 7) is 6.20. The lowest BCUT2D eigenvalue weighted by Crippen LogP contribution is -2.21. The fourth-order valence-electron chi connectivity index (χ4n) is 1.49. The van der Waals surface area contributed by atoms with Crippen LogP contribution in [0.5, 0.6) is 0 Å². The highest BCUT2D eigenvalue weighted by Crippen LogP contribution is 2.11. The van der Waals surface area contributed by atoms with Crippen molar-refractivity contribution in [1.29, 1.82) is 0 Å². The molecule has 0 amide bonds. The van der Waals surface area contributed by atoms with Gasteiger partial charge in [-0.25, -0.2) is 0 Å². The lowest BCUT2D eigenvalue weighted by molar-refractivity contribution is -0.137. The number of benzene rings is 1. The van der Waals surface area contributed by atoms with Gasteiger partial charge in [0.05, 0.1) is 0 Å². The number of nitrogens with one attached hydrogen (secondary N) is 1. The molecule has 0 aliphatic carbocycles. The van der Waals surface area contributed by atoms with Crippen molar-refractivity contribution in [2.24, 2.45) is 0 Å². The Morgan fingerprint density at radius 3 is 2.24 bits per heavy atom. The minimum atomic E-state index is -0.0960. The van der Waals surface area contributed by atoms with E-state index in [9.17, 15) is 0 Å². The first-order valence-electron chi connectivity index (χ1n) is 5.99. The quantitative estimate of drug-likeness (QED) is 0.576. The normalized spacial score (nSPS) is 10.8. The molecule has 0 fully saturated rings. The second-order valence-electron chi connectivity index (χ2n) is 3.56. The van der Waals surface area contributed by atoms with Gasteiger partial charge >= 0.3 is 0 Å². The van der Waals surface area contributed by atoms with Crippen LogP contribution in [-0.4, -0.2) is 26.0 Å². The van der Waals surface area contributed by atoms with Gasteiger partial charge in [-0.05, 0) is 60.7 Å². The zero-order valence-electron chi connectivity index (χ0n) is 10.4. The third-order valence-electron chi connectivity index (χ3n) is 2.26. The highest BCUT2D eigenvalue weighted by Gasteiger charge is 2.06. The lowest BCUT2D eigenvalue weighted by Gasteiger charge is -2.17. The van der Waals surface area contributed by atoms with E-state index in [0.29, 0.717) is 13.2 Å². The van der Waals surface area contributed by atoms with Gasteiger partial charge in [-0.1, -0.05) is 0 Å². The molecule has 1 rings (SSSR count). The number of rotatable bonds is 8. The second-order valence-corrected chi connectivity index (χ2v) is 4.81. The van der Waals surface area contributed by atoms with Crippen LogP contribution in [0, 0.1) is 3.57 Å². The first-order chi connectivity index (χ1) is 8.26. The SMILES string of the molecule is CCOC(CCNc1ccc(I)cc1)OCC. The summed E-state index contributed by atoms with van der Waals surface area (Å²) in [6, 6.07) is 8.34. The third-order valence-corrected chi connectivity index (χ3v) is 2.98. The molecule has 3 nitrogen and oxygen atoms in total. The van der Waals surface area contributed by atoms with E-state index in [2.05, 4.69) is 52.2 Å². The van der Waals surface area contributed by atoms with E-state index >= 15 is 0 Å². The van der Waals surface area contributed by atoms with E-state index in [-0.39, 0.29) is 6.29 Å². The topological polar surface area (TPSA) is 30.5 Å². The monoisotopic (exact) mass is 349 g/mol. The Balaban J connectivity index is 2.27. The first-order valence-corrected chi connectivity index (χ1v) is 7.06. The van der Waals surface area contributed by atoms with Crippen LogP contribution in [-0.2, 0) is 9.47 Å². The van der Waals surface area contributed by atoms with Crippen LogP contribution >= 0.6 is 22.6 Å². The van der Waals surface area contributed by atoms with E-state index < -0.39 is 0 Å². The standard InChI is InChI=1S/C13H20INO2/c1-3-16-13(17-4-2)9-10-15-12-7-5-11(14)6-8-12/h5-8,13,15H,3-4,9-10H2,1-2H3. The Morgan fingerprint density at radius 1 is 1.12 bits per heavy atom. The molecular formula is C13H20INO2. The van der Waals surface area contributed by atoms with Crippen molar-refractivity contribution in [3.05, 3.63) is 27.8 Å². The molecule has 0 heterocycles. The number of hydrogen-bond acceptors (Lipinski definition) is 3. The van der Waals surface area contributed by atoms with Crippen molar-refractivity contribution in [3.63, 3.8) is 0 Å². The predicted molar refractivity (Wildman–Crippen MR) is 79.3 cm³/mol. The molecule has 0 saturated heterocycles. The minimum Gasteiger partial charge on any atom is -0.385 e. The molecule has 0 saturated carbocycles. The summed E-state index contributed by atoms with van der Waals surface area (Å²) in [5, 5.41) is 3.36. The van der Waals surface area contributed by atoms with Crippen LogP contribution in [0.25, 0.3) is 0 Å². The average Bonchev–Trinajstić information content (AvgIpc) is 2.32. The molecule has 0 aliphatic heterocycles. The largest absolute Gasteiger partial charge is 0.385 e. The van der Waals surface area contributed by atoms with Gasteiger partial charge in [0.25, 0.3) is 0 Å². The summed E-state index contributed by atoms with van der Waals surface area (Å²) >= 11 is 2.30. The van der Waals surface area contributed by atoms with Crippen LogP contribution in [0.15, 0.2) is 24.3 Å². The summed E-state index contributed by atoms with van der Waals surface area (Å²) in [6.07, 6.45) is 0.759. The van der Waals surface area contributed by atoms with Gasteiger partial charge in [-0.2, -0.15) is 0 Å². The molecule has 1 aromatic carbocycles. The van der Waals surface area contributed by atoms with Crippen LogP contribution in [0.1, 0.15) is 20.3 Å². The van der Waals surface area contributed by atoms with Gasteiger partial charge < -0.3 is 14.8 Å². The van der Waals surface area contributed by atoms with E-state index in [0.717, 1.165) is 18.7 Å². The Bertz CT molecular complexity index is 297. The van der Waals surface area contributed by atoms with Gasteiger partial charge in [0.15, 0.2) is 6.29 Å². The zero-order chi connectivity index (χ0) is 12.5. The molecule has 0 spiro atoms. The summed E-state index contributed by atoms with van der Waals surface area (Å²) in [4.78, 5) is 0. The molecule has 0 aromatic heterocycles. The summed E-state index contributed by atoms with van der Waals surface area (Å²) in [7, 11) is 0. The fraction of sp³-hybridized carbons (Fsp3) is 0.538. The molecular weight excluding hydrogens is 329 g/mol. The van der Waals surface area contributed by atoms with Crippen molar-refractivity contribution in [3.8, 4) is 0 Å². The molecule has 0 bridgehead atoms. The maximum absolute atomic E-state index is 5.48. The molecule has 1 N–H and O–H groups in total. The zero-order valence-corrected chi connectivity index (χ0v) is 12.6. The summed E-state index contributed by atoms with van der Waals surface area (Å²) < 4.78 is 12.2. The van der Waals surface area contributed by atoms with Crippen LogP contribution in [0.2, 0.25) is 0 Å². The molecule has 0 aliphatic rings. The molecule has 1 aromatic rings. The Hall–Kier alpha value is -0.330. The maximum atomic E-state index is 5.48. The fourth-order valence-corrected chi connectivity index (χ4v) is 1.85. The van der Waals surface area contributed by atoms with Gasteiger partial charge in [-0.3, -0.25) is 0 Å². The first kappa shape index (κ1) is 14.7. The number of anilines is 1. The van der Waals surface area contributed by atoms with E-state index in [1.54, 1.807) is 0 Å². The molecule has 17 heavy (non-hydrogen) atoms. The lowest BCUT2D eigenvalue weighted by atomic mass is 10.3. The molecule has 96 valence electrons. The Kier molecular flexibility index (Phi) is 7.55. The highest BCUT2D eigenvalue weighted by atomic mass is 127. The average molecular weight is 349 g/mol. The van der Waals surface area contributed by atoms with Crippen LogP contribution < -0.4 is 5.32 Å². The number of hydrogen-bond donors (Lipinski definition) is 1. The summed E-state index contributed by atoms with van der Waals surface area (Å²) in [5.74, 6) is 0. The van der Waals surface area contributed by atoms with Crippen molar-refractivity contribution in [2.45, 2.75) is 26.6 Å². The van der Waals surface area contributed by atoms with Gasteiger partial charge in [0.2, 0.25) is 0 Å². The second kappa shape index (κ2) is 8.72. The van der Waals surface area contributed by atoms with Gasteiger partial charge in [-0.15, -0.1) is 0 Å².